The molecule has 4 rings (SSSR count). The number of nitrogens with zero attached hydrogens (tertiary/aromatic N) is 2. The summed E-state index contributed by atoms with van der Waals surface area (Å²) < 4.78 is 0. The molecule has 0 unspecified atom stereocenters. The molecule has 5 heteroatoms. The second-order valence-corrected chi connectivity index (χ2v) is 6.07. The van der Waals surface area contributed by atoms with E-state index in [0.29, 0.717) is 0 Å². The topological polar surface area (TPSA) is 66.2 Å². The molecule has 0 saturated carbocycles. The van der Waals surface area contributed by atoms with Gasteiger partial charge >= 0.3 is 0 Å². The van der Waals surface area contributed by atoms with Crippen molar-refractivity contribution >= 4 is 33.3 Å². The van der Waals surface area contributed by atoms with Gasteiger partial charge in [0.1, 0.15) is 21.6 Å². The van der Waals surface area contributed by atoms with Crippen LogP contribution in [-0.2, 0) is 0 Å². The van der Waals surface area contributed by atoms with Gasteiger partial charge in [0.15, 0.2) is 0 Å². The summed E-state index contributed by atoms with van der Waals surface area (Å²) in [4.78, 5) is 8.68. The molecule has 0 aliphatic rings. The molecule has 0 aliphatic heterocycles. The van der Waals surface area contributed by atoms with Crippen molar-refractivity contribution in [2.45, 2.75) is 10.1 Å². The number of hydrogen-bond donors (Lipinski definition) is 2. The van der Waals surface area contributed by atoms with Crippen molar-refractivity contribution in [3.8, 4) is 11.5 Å². The number of rotatable bonds is 2. The largest absolute Gasteiger partial charge is 0.506 e. The molecule has 4 aromatic rings. The maximum Gasteiger partial charge on any atom is 0.141 e. The van der Waals surface area contributed by atoms with E-state index in [1.54, 1.807) is 0 Å². The number of aromatic hydroxyl groups is 2. The first-order valence-electron chi connectivity index (χ1n) is 7.05. The fourth-order valence-electron chi connectivity index (χ4n) is 2.56. The van der Waals surface area contributed by atoms with Gasteiger partial charge in [0, 0.05) is 21.5 Å². The van der Waals surface area contributed by atoms with Crippen molar-refractivity contribution < 1.29 is 10.2 Å². The van der Waals surface area contributed by atoms with E-state index >= 15 is 0 Å². The van der Waals surface area contributed by atoms with Gasteiger partial charge in [0.05, 0.1) is 12.4 Å². The van der Waals surface area contributed by atoms with E-state index in [2.05, 4.69) is 9.97 Å². The summed E-state index contributed by atoms with van der Waals surface area (Å²) >= 11 is 1.42. The van der Waals surface area contributed by atoms with Crippen LogP contribution in [0.1, 0.15) is 0 Å². The molecule has 112 valence electrons. The maximum absolute atomic E-state index is 9.95. The van der Waals surface area contributed by atoms with Crippen molar-refractivity contribution in [1.29, 1.82) is 0 Å². The Kier molecular flexibility index (Phi) is 3.28. The van der Waals surface area contributed by atoms with Crippen LogP contribution in [0.15, 0.2) is 71.0 Å². The number of hydrogen-bond acceptors (Lipinski definition) is 5. The van der Waals surface area contributed by atoms with Crippen molar-refractivity contribution in [3.05, 3.63) is 60.9 Å². The molecule has 0 spiro atoms. The van der Waals surface area contributed by atoms with Gasteiger partial charge in [-0.05, 0) is 11.8 Å². The standard InChI is InChI=1S/C18H12N2O2S/c21-15-9-19-17(13-7-3-1-5-11(13)15)23-18-14-8-4-2-6-12(14)16(22)10-20-18/h1-10,21-22H. The lowest BCUT2D eigenvalue weighted by Crippen LogP contribution is -1.88. The number of pyridine rings is 2. The van der Waals surface area contributed by atoms with Crippen LogP contribution in [0.4, 0.5) is 0 Å². The van der Waals surface area contributed by atoms with Crippen molar-refractivity contribution in [2.75, 3.05) is 0 Å². The molecule has 0 amide bonds. The monoisotopic (exact) mass is 320 g/mol. The summed E-state index contributed by atoms with van der Waals surface area (Å²) in [6.45, 7) is 0. The van der Waals surface area contributed by atoms with Crippen LogP contribution in [0.5, 0.6) is 11.5 Å². The third kappa shape index (κ3) is 2.35. The molecular weight excluding hydrogens is 308 g/mol. The van der Waals surface area contributed by atoms with Gasteiger partial charge in [-0.1, -0.05) is 48.5 Å². The molecule has 2 aromatic carbocycles. The molecule has 2 heterocycles. The molecule has 0 aliphatic carbocycles. The van der Waals surface area contributed by atoms with Gasteiger partial charge in [0.25, 0.3) is 0 Å². The predicted octanol–water partition coefficient (Wildman–Crippen LogP) is 4.35. The minimum Gasteiger partial charge on any atom is -0.506 e. The van der Waals surface area contributed by atoms with Gasteiger partial charge in [-0.3, -0.25) is 0 Å². The van der Waals surface area contributed by atoms with Crippen LogP contribution < -0.4 is 0 Å². The van der Waals surface area contributed by atoms with Gasteiger partial charge < -0.3 is 10.2 Å². The highest BCUT2D eigenvalue weighted by atomic mass is 32.2. The van der Waals surface area contributed by atoms with Gasteiger partial charge in [-0.15, -0.1) is 0 Å². The Morgan fingerprint density at radius 2 is 1.00 bits per heavy atom. The molecule has 0 atom stereocenters. The summed E-state index contributed by atoms with van der Waals surface area (Å²) in [5.41, 5.74) is 0. The van der Waals surface area contributed by atoms with E-state index in [1.807, 2.05) is 48.5 Å². The molecule has 0 bridgehead atoms. The van der Waals surface area contributed by atoms with E-state index in [0.717, 1.165) is 31.6 Å². The van der Waals surface area contributed by atoms with Crippen molar-refractivity contribution in [1.82, 2.24) is 9.97 Å². The Morgan fingerprint density at radius 1 is 0.609 bits per heavy atom. The maximum atomic E-state index is 9.95. The highest BCUT2D eigenvalue weighted by Crippen LogP contribution is 2.38. The number of benzene rings is 2. The third-order valence-corrected chi connectivity index (χ3v) is 4.71. The Labute approximate surface area is 136 Å². The molecule has 0 fully saturated rings. The summed E-state index contributed by atoms with van der Waals surface area (Å²) in [5, 5.41) is 24.7. The average molecular weight is 320 g/mol. The van der Waals surface area contributed by atoms with Crippen LogP contribution in [0.2, 0.25) is 0 Å². The highest BCUT2D eigenvalue weighted by molar-refractivity contribution is 7.99. The first-order valence-corrected chi connectivity index (χ1v) is 7.87. The van der Waals surface area contributed by atoms with E-state index in [1.165, 1.54) is 24.2 Å². The Balaban J connectivity index is 1.89. The first kappa shape index (κ1) is 13.8. The van der Waals surface area contributed by atoms with Crippen LogP contribution in [0.25, 0.3) is 21.5 Å². The predicted molar refractivity (Wildman–Crippen MR) is 90.9 cm³/mol. The van der Waals surface area contributed by atoms with Gasteiger partial charge in [-0.25, -0.2) is 9.97 Å². The lowest BCUT2D eigenvalue weighted by Gasteiger charge is -2.09. The molecule has 23 heavy (non-hydrogen) atoms. The van der Waals surface area contributed by atoms with E-state index in [4.69, 9.17) is 0 Å². The summed E-state index contributed by atoms with van der Waals surface area (Å²) in [7, 11) is 0. The van der Waals surface area contributed by atoms with Crippen LogP contribution in [-0.4, -0.2) is 20.2 Å². The number of aromatic nitrogens is 2. The zero-order chi connectivity index (χ0) is 15.8. The van der Waals surface area contributed by atoms with Crippen molar-refractivity contribution in [3.63, 3.8) is 0 Å². The molecule has 2 aromatic heterocycles. The zero-order valence-electron chi connectivity index (χ0n) is 12.0. The summed E-state index contributed by atoms with van der Waals surface area (Å²) in [5.74, 6) is 0.321. The Hall–Kier alpha value is -2.79. The SMILES string of the molecule is Oc1cnc(Sc2ncc(O)c3ccccc23)c2ccccc12. The van der Waals surface area contributed by atoms with E-state index < -0.39 is 0 Å². The first-order chi connectivity index (χ1) is 11.2. The van der Waals surface area contributed by atoms with Crippen LogP contribution in [0.3, 0.4) is 0 Å². The quantitative estimate of drug-likeness (QED) is 0.575. The highest BCUT2D eigenvalue weighted by Gasteiger charge is 2.12. The fraction of sp³-hybridized carbons (Fsp3) is 0. The lowest BCUT2D eigenvalue weighted by atomic mass is 10.2. The van der Waals surface area contributed by atoms with Crippen molar-refractivity contribution in [2.24, 2.45) is 0 Å². The zero-order valence-corrected chi connectivity index (χ0v) is 12.8. The van der Waals surface area contributed by atoms with E-state index in [9.17, 15) is 10.2 Å². The molecule has 0 radical (unpaired) electrons. The summed E-state index contributed by atoms with van der Waals surface area (Å²) in [6, 6.07) is 15.2. The lowest BCUT2D eigenvalue weighted by molar-refractivity contribution is 0.478. The van der Waals surface area contributed by atoms with Gasteiger partial charge in [-0.2, -0.15) is 0 Å². The minimum absolute atomic E-state index is 0.161. The second kappa shape index (κ2) is 5.44. The molecule has 4 nitrogen and oxygen atoms in total. The molecule has 2 N–H and O–H groups in total. The minimum atomic E-state index is 0.161. The molecular formula is C18H12N2O2S. The smallest absolute Gasteiger partial charge is 0.141 e. The molecule has 0 saturated heterocycles. The third-order valence-electron chi connectivity index (χ3n) is 3.67. The normalized spacial score (nSPS) is 11.1. The Morgan fingerprint density at radius 3 is 1.43 bits per heavy atom. The number of fused-ring (bicyclic) bond motifs is 2. The second-order valence-electron chi connectivity index (χ2n) is 5.09. The fourth-order valence-corrected chi connectivity index (χ4v) is 3.53. The Bertz CT molecular complexity index is 951. The van der Waals surface area contributed by atoms with Gasteiger partial charge in [0.2, 0.25) is 0 Å². The van der Waals surface area contributed by atoms with E-state index in [-0.39, 0.29) is 11.5 Å². The summed E-state index contributed by atoms with van der Waals surface area (Å²) in [6.07, 6.45) is 2.90. The average Bonchev–Trinajstić information content (AvgIpc) is 2.60. The van der Waals surface area contributed by atoms with Crippen LogP contribution >= 0.6 is 11.8 Å². The van der Waals surface area contributed by atoms with Crippen LogP contribution in [0, 0.1) is 0 Å².